The molecule has 9 heteroatoms. The molecule has 0 heterocycles. The molecule has 0 aliphatic heterocycles. The van der Waals surface area contributed by atoms with Crippen LogP contribution in [0.4, 0.5) is 0 Å². The highest BCUT2D eigenvalue weighted by molar-refractivity contribution is 4.36. The van der Waals surface area contributed by atoms with Crippen LogP contribution in [0.1, 0.15) is 0 Å². The van der Waals surface area contributed by atoms with Crippen molar-refractivity contribution in [3.63, 3.8) is 0 Å². The summed E-state index contributed by atoms with van der Waals surface area (Å²) in [4.78, 5) is 9.75. The molecule has 9 nitrogen and oxygen atoms in total. The highest BCUT2D eigenvalue weighted by Crippen LogP contribution is 1.44. The molecule has 0 radical (unpaired) electrons. The lowest BCUT2D eigenvalue weighted by atomic mass is 13.0. The zero-order valence-corrected chi connectivity index (χ0v) is 5.01. The van der Waals surface area contributed by atoms with Gasteiger partial charge in [-0.05, 0) is 0 Å². The standard InChI is InChI=1S/N3.NO3.2H3N/c1-3-2;2-1(3)4;;/h;;2*1H3/q2*-1;;/p+2. The molecule has 0 rings (SSSR count). The van der Waals surface area contributed by atoms with E-state index in [0.29, 0.717) is 0 Å². The van der Waals surface area contributed by atoms with E-state index >= 15 is 0 Å². The van der Waals surface area contributed by atoms with Crippen molar-refractivity contribution in [2.45, 2.75) is 0 Å². The lowest BCUT2D eigenvalue weighted by molar-refractivity contribution is -0.402. The third-order valence-corrected chi connectivity index (χ3v) is 0. The molecule has 0 spiro atoms. The molecule has 0 aromatic rings. The average Bonchev–Trinajstić information content (AvgIpc) is 1.33. The van der Waals surface area contributed by atoms with Crippen molar-refractivity contribution in [2.24, 2.45) is 0 Å². The first kappa shape index (κ1) is 26.1. The average molecular weight is 140 g/mol. The van der Waals surface area contributed by atoms with E-state index in [1.807, 2.05) is 0 Å². The van der Waals surface area contributed by atoms with Gasteiger partial charge in [-0.2, -0.15) is 0 Å². The summed E-state index contributed by atoms with van der Waals surface area (Å²) in [5.41, 5.74) is 13.5. The van der Waals surface area contributed by atoms with Crippen LogP contribution in [0.3, 0.4) is 0 Å². The lowest BCUT2D eigenvalue weighted by Gasteiger charge is -1.74. The monoisotopic (exact) mass is 140 g/mol. The molecule has 56 valence electrons. The predicted octanol–water partition coefficient (Wildman–Crippen LogP) is 1.38. The minimum absolute atomic E-state index is 0. The Morgan fingerprint density at radius 3 is 1.22 bits per heavy atom. The highest BCUT2D eigenvalue weighted by atomic mass is 16.9. The van der Waals surface area contributed by atoms with Crippen LogP contribution in [-0.4, -0.2) is 5.09 Å². The summed E-state index contributed by atoms with van der Waals surface area (Å²) in [7, 11) is 0. The summed E-state index contributed by atoms with van der Waals surface area (Å²) in [6.45, 7) is 0. The summed E-state index contributed by atoms with van der Waals surface area (Å²) in [6.07, 6.45) is 0. The largest absolute Gasteiger partial charge is 0.373 e. The van der Waals surface area contributed by atoms with Gasteiger partial charge in [-0.1, -0.05) is 0 Å². The van der Waals surface area contributed by atoms with E-state index in [4.69, 9.17) is 26.4 Å². The van der Waals surface area contributed by atoms with Crippen LogP contribution < -0.4 is 12.3 Å². The minimum Gasteiger partial charge on any atom is -0.373 e. The molecule has 0 aliphatic carbocycles. The predicted molar refractivity (Wildman–Crippen MR) is 32.4 cm³/mol. The summed E-state index contributed by atoms with van der Waals surface area (Å²) in [6, 6.07) is 0. The molecule has 0 amide bonds. The molecule has 0 bridgehead atoms. The maximum absolute atomic E-state index is 8.25. The maximum Gasteiger partial charge on any atom is 0.0689 e. The van der Waals surface area contributed by atoms with E-state index < -0.39 is 5.09 Å². The van der Waals surface area contributed by atoms with E-state index in [0.717, 1.165) is 0 Å². The lowest BCUT2D eigenvalue weighted by Crippen LogP contribution is -1.74. The van der Waals surface area contributed by atoms with Crippen molar-refractivity contribution < 1.29 is 5.09 Å². The molecule has 0 saturated carbocycles. The second-order valence-electron chi connectivity index (χ2n) is 0.313. The number of nitrogens with zero attached hydrogens (tertiary/aromatic N) is 4. The SMILES string of the molecule is O=[N+]([O-])[O-].[N-]=[N+]=[N-].[NH4+].[NH4+]. The van der Waals surface area contributed by atoms with Gasteiger partial charge in [0, 0.05) is 0 Å². The number of hydrogen-bond donors (Lipinski definition) is 2. The van der Waals surface area contributed by atoms with E-state index in [1.165, 1.54) is 4.91 Å². The van der Waals surface area contributed by atoms with E-state index in [1.54, 1.807) is 0 Å². The van der Waals surface area contributed by atoms with Gasteiger partial charge in [0.15, 0.2) is 0 Å². The van der Waals surface area contributed by atoms with Crippen LogP contribution in [0.25, 0.3) is 16.0 Å². The third-order valence-electron chi connectivity index (χ3n) is 0. The molecule has 8 N–H and O–H groups in total. The van der Waals surface area contributed by atoms with Crippen molar-refractivity contribution in [1.82, 2.24) is 12.3 Å². The van der Waals surface area contributed by atoms with Gasteiger partial charge in [-0.25, -0.2) is 0 Å². The van der Waals surface area contributed by atoms with Gasteiger partial charge in [0.25, 0.3) is 0 Å². The van der Waals surface area contributed by atoms with Crippen LogP contribution in [0, 0.1) is 15.3 Å². The van der Waals surface area contributed by atoms with Crippen LogP contribution >= 0.6 is 0 Å². The van der Waals surface area contributed by atoms with Gasteiger partial charge in [0.05, 0.1) is 5.09 Å². The van der Waals surface area contributed by atoms with Crippen LogP contribution in [0.15, 0.2) is 0 Å². The summed E-state index contributed by atoms with van der Waals surface area (Å²) in [5, 5.41) is 14.8. The van der Waals surface area contributed by atoms with Gasteiger partial charge in [-0.15, -0.1) is 0 Å². The fourth-order valence-electron chi connectivity index (χ4n) is 0. The second-order valence-corrected chi connectivity index (χ2v) is 0.313. The molecular formula is H8N6O3. The maximum atomic E-state index is 8.25. The quantitative estimate of drug-likeness (QED) is 0.168. The topological polar surface area (TPSA) is 198 Å². The molecule has 0 unspecified atom stereocenters. The Morgan fingerprint density at radius 2 is 1.22 bits per heavy atom. The Kier molecular flexibility index (Phi) is 93.1. The van der Waals surface area contributed by atoms with Crippen molar-refractivity contribution in [3.8, 4) is 0 Å². The zero-order valence-electron chi connectivity index (χ0n) is 5.01. The summed E-state index contributed by atoms with van der Waals surface area (Å²) < 4.78 is 0. The molecule has 0 fully saturated rings. The van der Waals surface area contributed by atoms with Crippen LogP contribution in [-0.2, 0) is 0 Å². The van der Waals surface area contributed by atoms with Gasteiger partial charge in [0.1, 0.15) is 0 Å². The van der Waals surface area contributed by atoms with Gasteiger partial charge in [0.2, 0.25) is 0 Å². The molecule has 0 aliphatic rings. The van der Waals surface area contributed by atoms with Gasteiger partial charge in [-0.3, -0.25) is 4.91 Å². The Morgan fingerprint density at radius 1 is 1.22 bits per heavy atom. The smallest absolute Gasteiger partial charge is 0.0689 e. The first-order chi connectivity index (χ1) is 3.15. The Balaban J connectivity index is -0.0000000233. The van der Waals surface area contributed by atoms with Gasteiger partial charge < -0.3 is 38.7 Å². The summed E-state index contributed by atoms with van der Waals surface area (Å²) in [5.74, 6) is 0. The molecule has 9 heavy (non-hydrogen) atoms. The normalized spacial score (nSPS) is 3.56. The van der Waals surface area contributed by atoms with Crippen LogP contribution in [0.5, 0.6) is 0 Å². The van der Waals surface area contributed by atoms with Crippen LogP contribution in [0.2, 0.25) is 0 Å². The molecule has 0 atom stereocenters. The van der Waals surface area contributed by atoms with Crippen molar-refractivity contribution in [1.29, 1.82) is 0 Å². The Labute approximate surface area is 50.0 Å². The van der Waals surface area contributed by atoms with E-state index in [-0.39, 0.29) is 12.3 Å². The fourth-order valence-corrected chi connectivity index (χ4v) is 0. The number of quaternary nitrogens is 2. The minimum atomic E-state index is -1.75. The number of hydrogen-bond acceptors (Lipinski definition) is 3. The van der Waals surface area contributed by atoms with Gasteiger partial charge >= 0.3 is 0 Å². The van der Waals surface area contributed by atoms with E-state index in [2.05, 4.69) is 0 Å². The second kappa shape index (κ2) is 32.1. The van der Waals surface area contributed by atoms with Crippen molar-refractivity contribution >= 4 is 0 Å². The first-order valence-electron chi connectivity index (χ1n) is 0.948. The van der Waals surface area contributed by atoms with Crippen molar-refractivity contribution in [3.05, 3.63) is 31.3 Å². The molecular weight excluding hydrogens is 132 g/mol. The Bertz CT molecular complexity index is 76.3. The first-order valence-corrected chi connectivity index (χ1v) is 0.948. The number of rotatable bonds is 0. The zero-order chi connectivity index (χ0) is 6.28. The Hall–Kier alpha value is -1.57. The summed E-state index contributed by atoms with van der Waals surface area (Å²) >= 11 is 0. The van der Waals surface area contributed by atoms with Crippen molar-refractivity contribution in [2.75, 3.05) is 0 Å². The van der Waals surface area contributed by atoms with E-state index in [9.17, 15) is 0 Å². The fraction of sp³-hybridized carbons (Fsp3) is 0. The molecule has 0 saturated heterocycles. The molecule has 0 aromatic carbocycles. The molecule has 0 aromatic heterocycles. The highest BCUT2D eigenvalue weighted by Gasteiger charge is 1.45. The third kappa shape index (κ3) is 51.2.